The minimum atomic E-state index is -4.07. The monoisotopic (exact) mass is 607 g/mol. The second-order valence-electron chi connectivity index (χ2n) is 8.28. The number of anilines is 1. The molecule has 0 amide bonds. The lowest BCUT2D eigenvalue weighted by Crippen LogP contribution is -2.36. The first-order valence-corrected chi connectivity index (χ1v) is 17.0. The third-order valence-electron chi connectivity index (χ3n) is 5.69. The number of aromatic nitrogens is 1. The number of fused-ring (bicyclic) bond motifs is 2. The highest BCUT2D eigenvalue weighted by atomic mass is 35.5. The summed E-state index contributed by atoms with van der Waals surface area (Å²) in [6.07, 6.45) is 2.73. The molecule has 1 N–H and O–H groups in total. The van der Waals surface area contributed by atoms with Gasteiger partial charge in [0.25, 0.3) is 15.1 Å². The van der Waals surface area contributed by atoms with E-state index in [2.05, 4.69) is 4.57 Å². The molecule has 1 aromatic heterocycles. The van der Waals surface area contributed by atoms with Gasteiger partial charge in [0, 0.05) is 39.7 Å². The van der Waals surface area contributed by atoms with Crippen LogP contribution < -0.4 is 9.47 Å². The minimum Gasteiger partial charge on any atom is -0.335 e. The average Bonchev–Trinajstić information content (AvgIpc) is 3.30. The lowest BCUT2D eigenvalue weighted by molar-refractivity contribution is -0.668. The van der Waals surface area contributed by atoms with Gasteiger partial charge in [-0.1, -0.05) is 53.2 Å². The zero-order valence-corrected chi connectivity index (χ0v) is 24.1. The van der Waals surface area contributed by atoms with Gasteiger partial charge in [-0.3, -0.25) is 4.55 Å². The maximum absolute atomic E-state index is 12.1. The molecule has 2 heterocycles. The average molecular weight is 609 g/mol. The molecular weight excluding hydrogens is 583 g/mol. The molecule has 36 heavy (non-hydrogen) atoms. The molecule has 7 nitrogen and oxygen atoms in total. The van der Waals surface area contributed by atoms with Crippen LogP contribution in [0.15, 0.2) is 46.3 Å². The van der Waals surface area contributed by atoms with Crippen LogP contribution in [0.2, 0.25) is 10.0 Å². The number of halogens is 2. The first-order valence-electron chi connectivity index (χ1n) is 11.2. The topological polar surface area (TPSA) is 95.6 Å². The van der Waals surface area contributed by atoms with E-state index >= 15 is 0 Å². The molecule has 0 saturated heterocycles. The van der Waals surface area contributed by atoms with E-state index < -0.39 is 20.0 Å². The molecule has 4 rings (SSSR count). The van der Waals surface area contributed by atoms with Gasteiger partial charge in [0.1, 0.15) is 14.5 Å². The van der Waals surface area contributed by atoms with Crippen LogP contribution in [-0.2, 0) is 26.5 Å². The zero-order chi connectivity index (χ0) is 26.1. The van der Waals surface area contributed by atoms with Crippen molar-refractivity contribution >= 4 is 88.2 Å². The summed E-state index contributed by atoms with van der Waals surface area (Å²) in [7, 11) is -7.16. The Kier molecular flexibility index (Phi) is 8.60. The Morgan fingerprint density at radius 2 is 1.75 bits per heavy atom. The van der Waals surface area contributed by atoms with Crippen molar-refractivity contribution in [2.24, 2.45) is 0 Å². The van der Waals surface area contributed by atoms with Crippen molar-refractivity contribution in [3.05, 3.63) is 56.5 Å². The van der Waals surface area contributed by atoms with Gasteiger partial charge in [-0.2, -0.15) is 13.0 Å². The van der Waals surface area contributed by atoms with Crippen molar-refractivity contribution in [2.45, 2.75) is 31.2 Å². The quantitative estimate of drug-likeness (QED) is 0.240. The third kappa shape index (κ3) is 6.75. The smallest absolute Gasteiger partial charge is 0.265 e. The summed E-state index contributed by atoms with van der Waals surface area (Å²) in [5, 5.41) is 2.97. The number of thioether (sulfide) groups is 1. The summed E-state index contributed by atoms with van der Waals surface area (Å²) in [5.74, 6) is -0.129. The largest absolute Gasteiger partial charge is 0.335 e. The Bertz CT molecular complexity index is 1540. The maximum Gasteiger partial charge on any atom is 0.265 e. The molecule has 3 aromatic rings. The molecule has 0 bridgehead atoms. The molecule has 0 saturated carbocycles. The van der Waals surface area contributed by atoms with Crippen LogP contribution in [0.25, 0.3) is 16.3 Å². The highest BCUT2D eigenvalue weighted by Crippen LogP contribution is 2.48. The maximum atomic E-state index is 12.1. The van der Waals surface area contributed by atoms with Crippen molar-refractivity contribution in [3.8, 4) is 0 Å². The van der Waals surface area contributed by atoms with Gasteiger partial charge < -0.3 is 4.90 Å². The van der Waals surface area contributed by atoms with E-state index in [1.165, 1.54) is 0 Å². The summed E-state index contributed by atoms with van der Waals surface area (Å²) in [4.78, 5) is 2.99. The van der Waals surface area contributed by atoms with E-state index in [1.54, 1.807) is 30.0 Å². The summed E-state index contributed by atoms with van der Waals surface area (Å²) in [5.41, 5.74) is 1.80. The lowest BCUT2D eigenvalue weighted by Gasteiger charge is -2.20. The van der Waals surface area contributed by atoms with Gasteiger partial charge in [0.15, 0.2) is 6.54 Å². The summed E-state index contributed by atoms with van der Waals surface area (Å²) in [6.45, 7) is 2.53. The van der Waals surface area contributed by atoms with E-state index in [-0.39, 0.29) is 23.7 Å². The predicted molar refractivity (Wildman–Crippen MR) is 150 cm³/mol. The number of nitrogens with zero attached hydrogens (tertiary/aromatic N) is 2. The van der Waals surface area contributed by atoms with E-state index in [0.29, 0.717) is 29.6 Å². The van der Waals surface area contributed by atoms with E-state index in [9.17, 15) is 21.4 Å². The van der Waals surface area contributed by atoms with Crippen molar-refractivity contribution in [2.75, 3.05) is 28.7 Å². The van der Waals surface area contributed by atoms with Gasteiger partial charge >= 0.3 is 0 Å². The van der Waals surface area contributed by atoms with Crippen LogP contribution in [0.1, 0.15) is 24.8 Å². The Hall–Kier alpha value is -1.34. The number of benzene rings is 2. The van der Waals surface area contributed by atoms with Crippen molar-refractivity contribution in [1.29, 1.82) is 0 Å². The van der Waals surface area contributed by atoms with E-state index in [0.717, 1.165) is 30.8 Å². The predicted octanol–water partition coefficient (Wildman–Crippen LogP) is 5.51. The highest BCUT2D eigenvalue weighted by molar-refractivity contribution is 8.04. The van der Waals surface area contributed by atoms with Crippen LogP contribution in [0.5, 0.6) is 0 Å². The van der Waals surface area contributed by atoms with Gasteiger partial charge in [0.2, 0.25) is 5.52 Å². The standard InChI is InChI=1S/C23H24Cl2N2O5S4/c1-2-35(28,29)11-3-9-26-18-13-16(24)5-7-20(18)33-22(26)15-23-27(10-4-12-36(30,31)32)19-14-17(25)6-8-21(19)34-23/h5-8,13-15H,2-4,9-12H2,1H3/p+1. The Morgan fingerprint density at radius 3 is 2.47 bits per heavy atom. The Balaban J connectivity index is 1.72. The van der Waals surface area contributed by atoms with Crippen molar-refractivity contribution in [3.63, 3.8) is 0 Å². The second-order valence-corrected chi connectivity index (χ2v) is 15.3. The second kappa shape index (κ2) is 11.2. The molecule has 194 valence electrons. The SMILES string of the molecule is CCS(=O)(=O)CCC[n+]1c(C=C2Sc3ccc(Cl)cc3N2CCCS(=O)(=O)O)sc2ccc(Cl)cc21. The van der Waals surface area contributed by atoms with Crippen LogP contribution in [0.3, 0.4) is 0 Å². The first-order chi connectivity index (χ1) is 17.0. The lowest BCUT2D eigenvalue weighted by atomic mass is 10.2. The number of rotatable bonds is 10. The molecule has 2 aromatic carbocycles. The minimum absolute atomic E-state index is 0.102. The number of hydrogen-bond acceptors (Lipinski definition) is 7. The highest BCUT2D eigenvalue weighted by Gasteiger charge is 2.28. The molecule has 0 aliphatic carbocycles. The third-order valence-corrected chi connectivity index (χ3v) is 11.0. The first kappa shape index (κ1) is 27.7. The number of sulfone groups is 1. The molecule has 0 fully saturated rings. The number of aryl methyl sites for hydroxylation is 1. The molecule has 0 spiro atoms. The summed E-state index contributed by atoms with van der Waals surface area (Å²) in [6, 6.07) is 11.2. The molecule has 0 radical (unpaired) electrons. The van der Waals surface area contributed by atoms with Crippen molar-refractivity contribution < 1.29 is 26.0 Å². The van der Waals surface area contributed by atoms with Gasteiger partial charge in [-0.25, -0.2) is 8.42 Å². The zero-order valence-electron chi connectivity index (χ0n) is 19.4. The summed E-state index contributed by atoms with van der Waals surface area (Å²) >= 11 is 15.6. The van der Waals surface area contributed by atoms with E-state index in [4.69, 9.17) is 23.2 Å². The van der Waals surface area contributed by atoms with Crippen LogP contribution in [0.4, 0.5) is 5.69 Å². The summed E-state index contributed by atoms with van der Waals surface area (Å²) < 4.78 is 59.0. The molecule has 1 aliphatic heterocycles. The number of thiazole rings is 1. The molecule has 1 aliphatic rings. The Labute approximate surface area is 229 Å². The van der Waals surface area contributed by atoms with Crippen molar-refractivity contribution in [1.82, 2.24) is 0 Å². The number of hydrogen-bond donors (Lipinski definition) is 1. The van der Waals surface area contributed by atoms with E-state index in [1.807, 2.05) is 47.4 Å². The molecule has 13 heteroatoms. The fourth-order valence-electron chi connectivity index (χ4n) is 3.92. The van der Waals surface area contributed by atoms with Gasteiger partial charge in [-0.05, 0) is 36.8 Å². The van der Waals surface area contributed by atoms with Gasteiger partial charge in [0.05, 0.1) is 28.3 Å². The fourth-order valence-corrected chi connectivity index (χ4v) is 7.89. The van der Waals surface area contributed by atoms with Gasteiger partial charge in [-0.15, -0.1) is 0 Å². The fraction of sp³-hybridized carbons (Fsp3) is 0.348. The molecular formula is C23H25Cl2N2O5S4+. The van der Waals surface area contributed by atoms with Crippen LogP contribution in [0, 0.1) is 0 Å². The van der Waals surface area contributed by atoms with Crippen LogP contribution >= 0.6 is 46.3 Å². The Morgan fingerprint density at radius 1 is 1.03 bits per heavy atom. The molecule has 0 atom stereocenters. The molecule has 0 unspecified atom stereocenters. The normalized spacial score (nSPS) is 15.2. The van der Waals surface area contributed by atoms with Crippen LogP contribution in [-0.4, -0.2) is 45.2 Å².